The normalized spacial score (nSPS) is 23.8. The zero-order valence-electron chi connectivity index (χ0n) is 10.2. The van der Waals surface area contributed by atoms with E-state index in [4.69, 9.17) is 5.73 Å². The van der Waals surface area contributed by atoms with Crippen LogP contribution in [0.1, 0.15) is 43.0 Å². The molecule has 17 heavy (non-hydrogen) atoms. The van der Waals surface area contributed by atoms with Crippen molar-refractivity contribution >= 4 is 11.5 Å². The lowest BCUT2D eigenvalue weighted by atomic mass is 9.84. The molecule has 4 nitrogen and oxygen atoms in total. The van der Waals surface area contributed by atoms with E-state index in [2.05, 4.69) is 17.2 Å². The Bertz CT molecular complexity index is 411. The number of Topliss-reactive ketones (excluding diaryl/α,β-unsaturated/α-hetero) is 1. The zero-order chi connectivity index (χ0) is 12.3. The highest BCUT2D eigenvalue weighted by atomic mass is 16.1. The van der Waals surface area contributed by atoms with Gasteiger partial charge in [0.05, 0.1) is 11.1 Å². The number of carbonyl (C=O) groups is 1. The van der Waals surface area contributed by atoms with Gasteiger partial charge in [-0.1, -0.05) is 13.3 Å². The molecule has 1 fully saturated rings. The number of nitrogens with zero attached hydrogens (tertiary/aromatic N) is 1. The number of ketones is 1. The Morgan fingerprint density at radius 3 is 3.06 bits per heavy atom. The van der Waals surface area contributed by atoms with Crippen LogP contribution in [0.4, 0.5) is 5.69 Å². The van der Waals surface area contributed by atoms with Crippen molar-refractivity contribution in [3.05, 3.63) is 24.0 Å². The molecule has 0 aromatic carbocycles. The number of hydrogen-bond acceptors (Lipinski definition) is 4. The van der Waals surface area contributed by atoms with Gasteiger partial charge in [0.1, 0.15) is 0 Å². The number of rotatable bonds is 4. The second-order valence-corrected chi connectivity index (χ2v) is 4.65. The van der Waals surface area contributed by atoms with Crippen molar-refractivity contribution < 1.29 is 4.79 Å². The molecule has 1 aliphatic rings. The molecule has 0 spiro atoms. The van der Waals surface area contributed by atoms with Gasteiger partial charge in [-0.2, -0.15) is 0 Å². The second-order valence-electron chi connectivity index (χ2n) is 4.65. The van der Waals surface area contributed by atoms with Crippen LogP contribution < -0.4 is 11.1 Å². The first-order chi connectivity index (χ1) is 8.19. The lowest BCUT2D eigenvalue weighted by molar-refractivity contribution is 0.0858. The quantitative estimate of drug-likeness (QED) is 0.778. The van der Waals surface area contributed by atoms with Gasteiger partial charge in [-0.3, -0.25) is 9.78 Å². The summed E-state index contributed by atoms with van der Waals surface area (Å²) in [5, 5.41) is 3.36. The first kappa shape index (κ1) is 12.0. The topological polar surface area (TPSA) is 68.0 Å². The van der Waals surface area contributed by atoms with Crippen molar-refractivity contribution in [1.29, 1.82) is 0 Å². The van der Waals surface area contributed by atoms with Crippen molar-refractivity contribution in [2.45, 2.75) is 38.1 Å². The highest BCUT2D eigenvalue weighted by Gasteiger charge is 2.40. The van der Waals surface area contributed by atoms with Crippen LogP contribution in [0.5, 0.6) is 0 Å². The van der Waals surface area contributed by atoms with E-state index in [1.54, 1.807) is 18.5 Å². The third-order valence-corrected chi connectivity index (χ3v) is 3.45. The van der Waals surface area contributed by atoms with Gasteiger partial charge in [-0.25, -0.2) is 0 Å². The number of nitrogens with one attached hydrogen (secondary N) is 1. The summed E-state index contributed by atoms with van der Waals surface area (Å²) in [6.07, 6.45) is 6.98. The highest BCUT2D eigenvalue weighted by molar-refractivity contribution is 6.06. The average molecular weight is 233 g/mol. The van der Waals surface area contributed by atoms with Gasteiger partial charge < -0.3 is 11.1 Å². The molecule has 0 aliphatic carbocycles. The van der Waals surface area contributed by atoms with Gasteiger partial charge in [-0.05, 0) is 31.9 Å². The van der Waals surface area contributed by atoms with Crippen LogP contribution in [0.3, 0.4) is 0 Å². The van der Waals surface area contributed by atoms with Crippen LogP contribution >= 0.6 is 0 Å². The fraction of sp³-hybridized carbons (Fsp3) is 0.538. The largest absolute Gasteiger partial charge is 0.398 e. The molecule has 1 atom stereocenters. The molecule has 2 heterocycles. The Kier molecular flexibility index (Phi) is 3.43. The van der Waals surface area contributed by atoms with Crippen molar-refractivity contribution in [3.8, 4) is 0 Å². The summed E-state index contributed by atoms with van der Waals surface area (Å²) in [6.45, 7) is 3.01. The SMILES string of the molecule is CCCC1(C(=O)c2cnccc2N)CCCN1. The maximum absolute atomic E-state index is 12.6. The standard InChI is InChI=1S/C13H19N3O/c1-2-5-13(6-3-7-16-13)12(17)10-9-15-8-4-11(10)14/h4,8-9,16H,2-3,5-7H2,1H3,(H2,14,15). The summed E-state index contributed by atoms with van der Waals surface area (Å²) < 4.78 is 0. The molecule has 1 aromatic heterocycles. The lowest BCUT2D eigenvalue weighted by Gasteiger charge is -2.28. The molecule has 1 saturated heterocycles. The molecule has 0 saturated carbocycles. The Morgan fingerprint density at radius 2 is 2.47 bits per heavy atom. The molecule has 92 valence electrons. The number of aromatic nitrogens is 1. The Balaban J connectivity index is 2.32. The molecule has 1 aromatic rings. The Morgan fingerprint density at radius 1 is 1.65 bits per heavy atom. The number of anilines is 1. The molecule has 2 rings (SSSR count). The van der Waals surface area contributed by atoms with E-state index in [0.29, 0.717) is 11.3 Å². The van der Waals surface area contributed by atoms with Crippen molar-refractivity contribution in [2.75, 3.05) is 12.3 Å². The van der Waals surface area contributed by atoms with Crippen molar-refractivity contribution in [3.63, 3.8) is 0 Å². The molecular weight excluding hydrogens is 214 g/mol. The number of carbonyl (C=O) groups excluding carboxylic acids is 1. The number of nitrogens with two attached hydrogens (primary N) is 1. The maximum Gasteiger partial charge on any atom is 0.186 e. The summed E-state index contributed by atoms with van der Waals surface area (Å²) in [7, 11) is 0. The van der Waals surface area contributed by atoms with Crippen LogP contribution in [0.15, 0.2) is 18.5 Å². The average Bonchev–Trinajstić information content (AvgIpc) is 2.79. The van der Waals surface area contributed by atoms with Gasteiger partial charge in [0.25, 0.3) is 0 Å². The van der Waals surface area contributed by atoms with Gasteiger partial charge in [0.15, 0.2) is 5.78 Å². The van der Waals surface area contributed by atoms with Crippen LogP contribution in [0.25, 0.3) is 0 Å². The summed E-state index contributed by atoms with van der Waals surface area (Å²) >= 11 is 0. The number of nitrogen functional groups attached to an aromatic ring is 1. The summed E-state index contributed by atoms with van der Waals surface area (Å²) in [5.41, 5.74) is 6.52. The molecule has 0 radical (unpaired) electrons. The van der Waals surface area contributed by atoms with E-state index < -0.39 is 5.54 Å². The molecule has 1 aliphatic heterocycles. The smallest absolute Gasteiger partial charge is 0.186 e. The van der Waals surface area contributed by atoms with Crippen LogP contribution in [-0.2, 0) is 0 Å². The highest BCUT2D eigenvalue weighted by Crippen LogP contribution is 2.30. The maximum atomic E-state index is 12.6. The summed E-state index contributed by atoms with van der Waals surface area (Å²) in [5.74, 6) is 0.0995. The molecule has 0 bridgehead atoms. The summed E-state index contributed by atoms with van der Waals surface area (Å²) in [6, 6.07) is 1.68. The molecule has 1 unspecified atom stereocenters. The minimum absolute atomic E-state index is 0.0995. The molecule has 4 heteroatoms. The molecule has 3 N–H and O–H groups in total. The fourth-order valence-electron chi connectivity index (χ4n) is 2.61. The minimum Gasteiger partial charge on any atom is -0.398 e. The minimum atomic E-state index is -0.411. The number of hydrogen-bond donors (Lipinski definition) is 2. The van der Waals surface area contributed by atoms with Crippen LogP contribution in [0.2, 0.25) is 0 Å². The lowest BCUT2D eigenvalue weighted by Crippen LogP contribution is -2.47. The second kappa shape index (κ2) is 4.84. The fourth-order valence-corrected chi connectivity index (χ4v) is 2.61. The first-order valence-corrected chi connectivity index (χ1v) is 6.19. The molecule has 0 amide bonds. The van der Waals surface area contributed by atoms with E-state index in [0.717, 1.165) is 32.2 Å². The van der Waals surface area contributed by atoms with E-state index in [1.807, 2.05) is 0 Å². The Hall–Kier alpha value is -1.42. The van der Waals surface area contributed by atoms with E-state index in [-0.39, 0.29) is 5.78 Å². The third kappa shape index (κ3) is 2.17. The van der Waals surface area contributed by atoms with Gasteiger partial charge in [-0.15, -0.1) is 0 Å². The monoisotopic (exact) mass is 233 g/mol. The van der Waals surface area contributed by atoms with Crippen molar-refractivity contribution in [1.82, 2.24) is 10.3 Å². The van der Waals surface area contributed by atoms with Gasteiger partial charge >= 0.3 is 0 Å². The van der Waals surface area contributed by atoms with Gasteiger partial charge in [0.2, 0.25) is 0 Å². The van der Waals surface area contributed by atoms with E-state index in [9.17, 15) is 4.79 Å². The predicted molar refractivity (Wildman–Crippen MR) is 67.9 cm³/mol. The number of pyridine rings is 1. The Labute approximate surface area is 102 Å². The van der Waals surface area contributed by atoms with Gasteiger partial charge in [0, 0.05) is 18.1 Å². The first-order valence-electron chi connectivity index (χ1n) is 6.19. The third-order valence-electron chi connectivity index (χ3n) is 3.45. The van der Waals surface area contributed by atoms with Crippen molar-refractivity contribution in [2.24, 2.45) is 0 Å². The van der Waals surface area contributed by atoms with Crippen LogP contribution in [-0.4, -0.2) is 22.9 Å². The summed E-state index contributed by atoms with van der Waals surface area (Å²) in [4.78, 5) is 16.6. The predicted octanol–water partition coefficient (Wildman–Crippen LogP) is 1.77. The van der Waals surface area contributed by atoms with E-state index in [1.165, 1.54) is 0 Å². The van der Waals surface area contributed by atoms with Crippen LogP contribution in [0, 0.1) is 0 Å². The molecular formula is C13H19N3O. The zero-order valence-corrected chi connectivity index (χ0v) is 10.2. The van der Waals surface area contributed by atoms with E-state index >= 15 is 0 Å².